The molecule has 15 heavy (non-hydrogen) atoms. The maximum absolute atomic E-state index is 9.57. The normalized spacial score (nSPS) is 13.1. The van der Waals surface area contributed by atoms with Crippen molar-refractivity contribution in [2.24, 2.45) is 5.92 Å². The van der Waals surface area contributed by atoms with Crippen LogP contribution in [0.25, 0.3) is 0 Å². The lowest BCUT2D eigenvalue weighted by atomic mass is 10.2. The molecule has 0 saturated carbocycles. The summed E-state index contributed by atoms with van der Waals surface area (Å²) in [5.41, 5.74) is 0.770. The molecule has 84 valence electrons. The topological polar surface area (TPSA) is 33.1 Å². The number of aromatic nitrogens is 1. The Bertz CT molecular complexity index is 284. The van der Waals surface area contributed by atoms with E-state index >= 15 is 0 Å². The summed E-state index contributed by atoms with van der Waals surface area (Å²) in [5, 5.41) is 9.57. The van der Waals surface area contributed by atoms with Crippen molar-refractivity contribution in [3.05, 3.63) is 24.0 Å². The van der Waals surface area contributed by atoms with Gasteiger partial charge in [-0.15, -0.1) is 11.8 Å². The number of aliphatic hydroxyl groups excluding tert-OH is 1. The van der Waals surface area contributed by atoms with Gasteiger partial charge in [0.05, 0.1) is 11.8 Å². The summed E-state index contributed by atoms with van der Waals surface area (Å²) in [6.07, 6.45) is 2.14. The summed E-state index contributed by atoms with van der Waals surface area (Å²) in [6.45, 7) is 6.36. The third-order valence-electron chi connectivity index (χ3n) is 2.07. The van der Waals surface area contributed by atoms with Crippen LogP contribution in [0.15, 0.2) is 23.2 Å². The molecule has 0 aliphatic heterocycles. The third-order valence-corrected chi connectivity index (χ3v) is 3.48. The number of rotatable bonds is 5. The quantitative estimate of drug-likeness (QED) is 0.781. The molecule has 1 aromatic rings. The maximum Gasteiger partial charge on any atom is 0.0957 e. The molecular weight excluding hydrogens is 206 g/mol. The lowest BCUT2D eigenvalue weighted by Gasteiger charge is -2.08. The predicted octanol–water partition coefficient (Wildman–Crippen LogP) is 3.27. The lowest BCUT2D eigenvalue weighted by Crippen LogP contribution is -1.98. The van der Waals surface area contributed by atoms with E-state index in [1.165, 1.54) is 4.90 Å². The van der Waals surface area contributed by atoms with E-state index in [-0.39, 0.29) is 0 Å². The van der Waals surface area contributed by atoms with Crippen molar-refractivity contribution in [3.63, 3.8) is 0 Å². The molecule has 0 radical (unpaired) electrons. The SMILES string of the molecule is CCC(O)c1ccc(SCC(C)C)cn1. The van der Waals surface area contributed by atoms with Gasteiger partial charge in [-0.2, -0.15) is 0 Å². The molecule has 0 saturated heterocycles. The van der Waals surface area contributed by atoms with Crippen LogP contribution in [0.4, 0.5) is 0 Å². The molecule has 0 aliphatic rings. The number of aliphatic hydroxyl groups is 1. The summed E-state index contributed by atoms with van der Waals surface area (Å²) in [6, 6.07) is 3.95. The van der Waals surface area contributed by atoms with Gasteiger partial charge in [-0.25, -0.2) is 0 Å². The second-order valence-electron chi connectivity index (χ2n) is 4.05. The summed E-state index contributed by atoms with van der Waals surface area (Å²) in [5.74, 6) is 1.80. The van der Waals surface area contributed by atoms with Crippen molar-refractivity contribution in [1.82, 2.24) is 4.98 Å². The number of pyridine rings is 1. The van der Waals surface area contributed by atoms with Gasteiger partial charge in [0.15, 0.2) is 0 Å². The first-order valence-electron chi connectivity index (χ1n) is 5.40. The zero-order chi connectivity index (χ0) is 11.3. The van der Waals surface area contributed by atoms with Crippen LogP contribution in [0, 0.1) is 5.92 Å². The van der Waals surface area contributed by atoms with Gasteiger partial charge < -0.3 is 5.11 Å². The lowest BCUT2D eigenvalue weighted by molar-refractivity contribution is 0.169. The second kappa shape index (κ2) is 6.13. The molecule has 0 spiro atoms. The average Bonchev–Trinajstić information content (AvgIpc) is 2.26. The van der Waals surface area contributed by atoms with Crippen LogP contribution in [0.2, 0.25) is 0 Å². The predicted molar refractivity (Wildman–Crippen MR) is 65.0 cm³/mol. The van der Waals surface area contributed by atoms with E-state index in [4.69, 9.17) is 0 Å². The van der Waals surface area contributed by atoms with E-state index in [2.05, 4.69) is 18.8 Å². The van der Waals surface area contributed by atoms with Crippen LogP contribution in [0.1, 0.15) is 39.0 Å². The molecule has 0 aliphatic carbocycles. The summed E-state index contributed by atoms with van der Waals surface area (Å²) in [7, 11) is 0. The molecule has 0 bridgehead atoms. The summed E-state index contributed by atoms with van der Waals surface area (Å²) in [4.78, 5) is 5.43. The molecule has 2 nitrogen and oxygen atoms in total. The van der Waals surface area contributed by atoms with Gasteiger partial charge in [0.25, 0.3) is 0 Å². The van der Waals surface area contributed by atoms with Crippen molar-refractivity contribution < 1.29 is 5.11 Å². The van der Waals surface area contributed by atoms with E-state index in [0.29, 0.717) is 12.3 Å². The highest BCUT2D eigenvalue weighted by molar-refractivity contribution is 7.99. The van der Waals surface area contributed by atoms with E-state index in [1.807, 2.05) is 37.0 Å². The molecule has 1 atom stereocenters. The molecule has 1 unspecified atom stereocenters. The number of hydrogen-bond donors (Lipinski definition) is 1. The summed E-state index contributed by atoms with van der Waals surface area (Å²) >= 11 is 1.81. The fourth-order valence-corrected chi connectivity index (χ4v) is 1.96. The van der Waals surface area contributed by atoms with Crippen molar-refractivity contribution >= 4 is 11.8 Å². The van der Waals surface area contributed by atoms with Crippen LogP contribution in [-0.4, -0.2) is 15.8 Å². The van der Waals surface area contributed by atoms with Crippen LogP contribution < -0.4 is 0 Å². The molecule has 0 amide bonds. The summed E-state index contributed by atoms with van der Waals surface area (Å²) < 4.78 is 0. The van der Waals surface area contributed by atoms with Crippen LogP contribution in [-0.2, 0) is 0 Å². The Kier molecular flexibility index (Phi) is 5.12. The smallest absolute Gasteiger partial charge is 0.0957 e. The maximum atomic E-state index is 9.57. The van der Waals surface area contributed by atoms with Crippen molar-refractivity contribution in [1.29, 1.82) is 0 Å². The van der Waals surface area contributed by atoms with Gasteiger partial charge in [-0.1, -0.05) is 20.8 Å². The van der Waals surface area contributed by atoms with Gasteiger partial charge in [0.1, 0.15) is 0 Å². The third kappa shape index (κ3) is 4.22. The molecule has 0 fully saturated rings. The van der Waals surface area contributed by atoms with Gasteiger partial charge in [-0.3, -0.25) is 4.98 Å². The zero-order valence-corrected chi connectivity index (χ0v) is 10.4. The zero-order valence-electron chi connectivity index (χ0n) is 9.60. The van der Waals surface area contributed by atoms with Crippen molar-refractivity contribution in [2.45, 2.75) is 38.2 Å². The Morgan fingerprint density at radius 2 is 2.13 bits per heavy atom. The Labute approximate surface area is 96.1 Å². The first kappa shape index (κ1) is 12.5. The van der Waals surface area contributed by atoms with Gasteiger partial charge in [-0.05, 0) is 24.5 Å². The van der Waals surface area contributed by atoms with E-state index in [9.17, 15) is 5.11 Å². The second-order valence-corrected chi connectivity index (χ2v) is 5.14. The minimum absolute atomic E-state index is 0.422. The highest BCUT2D eigenvalue weighted by atomic mass is 32.2. The first-order valence-corrected chi connectivity index (χ1v) is 6.38. The van der Waals surface area contributed by atoms with Crippen molar-refractivity contribution in [2.75, 3.05) is 5.75 Å². The van der Waals surface area contributed by atoms with Gasteiger partial charge >= 0.3 is 0 Å². The van der Waals surface area contributed by atoms with E-state index in [1.54, 1.807) is 0 Å². The first-order chi connectivity index (χ1) is 7.13. The molecule has 1 rings (SSSR count). The Balaban J connectivity index is 2.56. The fourth-order valence-electron chi connectivity index (χ4n) is 1.15. The van der Waals surface area contributed by atoms with Crippen LogP contribution >= 0.6 is 11.8 Å². The molecule has 0 aromatic carbocycles. The van der Waals surface area contributed by atoms with Crippen molar-refractivity contribution in [3.8, 4) is 0 Å². The van der Waals surface area contributed by atoms with Gasteiger partial charge in [0.2, 0.25) is 0 Å². The highest BCUT2D eigenvalue weighted by Gasteiger charge is 2.05. The van der Waals surface area contributed by atoms with Crippen LogP contribution in [0.5, 0.6) is 0 Å². The monoisotopic (exact) mass is 225 g/mol. The number of hydrogen-bond acceptors (Lipinski definition) is 3. The number of thioether (sulfide) groups is 1. The standard InChI is InChI=1S/C12H19NOS/c1-4-12(14)11-6-5-10(7-13-11)15-8-9(2)3/h5-7,9,12,14H,4,8H2,1-3H3. The Morgan fingerprint density at radius 1 is 1.40 bits per heavy atom. The molecule has 1 heterocycles. The minimum Gasteiger partial charge on any atom is -0.387 e. The Hall–Kier alpha value is -0.540. The Morgan fingerprint density at radius 3 is 2.60 bits per heavy atom. The van der Waals surface area contributed by atoms with Gasteiger partial charge in [0, 0.05) is 16.8 Å². The highest BCUT2D eigenvalue weighted by Crippen LogP contribution is 2.21. The van der Waals surface area contributed by atoms with E-state index in [0.717, 1.165) is 11.4 Å². The molecule has 1 aromatic heterocycles. The van der Waals surface area contributed by atoms with E-state index < -0.39 is 6.10 Å². The molecule has 1 N–H and O–H groups in total. The average molecular weight is 225 g/mol. The molecule has 3 heteroatoms. The molecular formula is C12H19NOS. The minimum atomic E-state index is -0.422. The fraction of sp³-hybridized carbons (Fsp3) is 0.583. The van der Waals surface area contributed by atoms with Crippen LogP contribution in [0.3, 0.4) is 0 Å². The number of nitrogens with zero attached hydrogens (tertiary/aromatic N) is 1. The largest absolute Gasteiger partial charge is 0.387 e.